The number of aromatic nitrogens is 2. The Labute approximate surface area is 91.1 Å². The maximum absolute atomic E-state index is 11.5. The monoisotopic (exact) mass is 230 g/mol. The zero-order chi connectivity index (χ0) is 11.1. The Kier molecular flexibility index (Phi) is 2.51. The molecule has 1 aliphatic heterocycles. The summed E-state index contributed by atoms with van der Waals surface area (Å²) in [5.74, 6) is 1.27. The molecule has 1 saturated heterocycles. The van der Waals surface area contributed by atoms with Crippen LogP contribution in [0.2, 0.25) is 0 Å². The molecule has 6 nitrogen and oxygen atoms in total. The molecule has 1 aliphatic rings. The Hall–Kier alpha value is -0.950. The largest absolute Gasteiger partial charge is 0.660 e. The molecule has 2 heterocycles. The van der Waals surface area contributed by atoms with Gasteiger partial charge >= 0.3 is 0 Å². The SMILES string of the molecule is CC1(C)C[S+]([O-])CCN1[n+]1cc([NH-])on1. The molecular formula is C8H14N4O2S. The van der Waals surface area contributed by atoms with Crippen LogP contribution >= 0.6 is 0 Å². The lowest BCUT2D eigenvalue weighted by molar-refractivity contribution is -0.764. The lowest BCUT2D eigenvalue weighted by Gasteiger charge is -2.35. The van der Waals surface area contributed by atoms with Gasteiger partial charge in [-0.25, -0.2) is 0 Å². The van der Waals surface area contributed by atoms with Crippen molar-refractivity contribution in [1.82, 2.24) is 5.27 Å². The summed E-state index contributed by atoms with van der Waals surface area (Å²) in [5, 5.41) is 5.71. The van der Waals surface area contributed by atoms with Crippen LogP contribution in [0, 0.1) is 0 Å². The fourth-order valence-electron chi connectivity index (χ4n) is 1.76. The van der Waals surface area contributed by atoms with E-state index in [0.717, 1.165) is 0 Å². The van der Waals surface area contributed by atoms with Crippen molar-refractivity contribution in [3.63, 3.8) is 0 Å². The lowest BCUT2D eigenvalue weighted by Crippen LogP contribution is -2.72. The molecule has 0 amide bonds. The summed E-state index contributed by atoms with van der Waals surface area (Å²) in [7, 11) is 0. The average molecular weight is 230 g/mol. The third-order valence-corrected chi connectivity index (χ3v) is 4.11. The third-order valence-electron chi connectivity index (χ3n) is 2.45. The average Bonchev–Trinajstić information content (AvgIpc) is 2.49. The van der Waals surface area contributed by atoms with E-state index in [4.69, 9.17) is 10.3 Å². The van der Waals surface area contributed by atoms with Crippen LogP contribution in [0.15, 0.2) is 10.7 Å². The van der Waals surface area contributed by atoms with Crippen LogP contribution in [0.5, 0.6) is 0 Å². The molecule has 2 rings (SSSR count). The van der Waals surface area contributed by atoms with Gasteiger partial charge in [0.25, 0.3) is 6.20 Å². The summed E-state index contributed by atoms with van der Waals surface area (Å²) in [6.07, 6.45) is 1.51. The summed E-state index contributed by atoms with van der Waals surface area (Å²) < 4.78 is 16.2. The van der Waals surface area contributed by atoms with Crippen LogP contribution in [-0.2, 0) is 11.2 Å². The van der Waals surface area contributed by atoms with Crippen molar-refractivity contribution >= 4 is 17.1 Å². The Morgan fingerprint density at radius 1 is 1.73 bits per heavy atom. The molecule has 0 radical (unpaired) electrons. The lowest BCUT2D eigenvalue weighted by atomic mass is 10.1. The first kappa shape index (κ1) is 10.6. The van der Waals surface area contributed by atoms with Gasteiger partial charge in [0.2, 0.25) is 5.27 Å². The van der Waals surface area contributed by atoms with E-state index < -0.39 is 11.2 Å². The van der Waals surface area contributed by atoms with Gasteiger partial charge in [-0.05, 0) is 25.0 Å². The molecule has 1 aromatic rings. The second-order valence-electron chi connectivity index (χ2n) is 4.21. The van der Waals surface area contributed by atoms with Crippen LogP contribution in [0.3, 0.4) is 0 Å². The zero-order valence-corrected chi connectivity index (χ0v) is 9.58. The highest BCUT2D eigenvalue weighted by Gasteiger charge is 2.43. The Morgan fingerprint density at radius 2 is 2.47 bits per heavy atom. The molecule has 0 aromatic carbocycles. The molecular weight excluding hydrogens is 216 g/mol. The first-order valence-electron chi connectivity index (χ1n) is 4.72. The van der Waals surface area contributed by atoms with Gasteiger partial charge in [-0.1, -0.05) is 0 Å². The van der Waals surface area contributed by atoms with Gasteiger partial charge < -0.3 is 14.8 Å². The molecule has 1 N–H and O–H groups in total. The zero-order valence-electron chi connectivity index (χ0n) is 8.77. The highest BCUT2D eigenvalue weighted by molar-refractivity contribution is 7.91. The fraction of sp³-hybridized carbons (Fsp3) is 0.750. The summed E-state index contributed by atoms with van der Waals surface area (Å²) in [4.78, 5) is 1.53. The Morgan fingerprint density at radius 3 is 3.00 bits per heavy atom. The van der Waals surface area contributed by atoms with Crippen LogP contribution < -0.4 is 9.80 Å². The van der Waals surface area contributed by atoms with E-state index >= 15 is 0 Å². The van der Waals surface area contributed by atoms with Gasteiger partial charge in [-0.3, -0.25) is 0 Å². The van der Waals surface area contributed by atoms with Gasteiger partial charge in [0.1, 0.15) is 29.5 Å². The highest BCUT2D eigenvalue weighted by Crippen LogP contribution is 2.18. The van der Waals surface area contributed by atoms with Gasteiger partial charge in [-0.15, -0.1) is 5.01 Å². The van der Waals surface area contributed by atoms with E-state index in [0.29, 0.717) is 18.1 Å². The van der Waals surface area contributed by atoms with Crippen molar-refractivity contribution in [2.45, 2.75) is 19.4 Å². The second-order valence-corrected chi connectivity index (χ2v) is 5.79. The number of rotatable bonds is 1. The number of hydrogen-bond acceptors (Lipinski definition) is 4. The molecule has 1 unspecified atom stereocenters. The topological polar surface area (TPSA) is 80.0 Å². The van der Waals surface area contributed by atoms with E-state index in [9.17, 15) is 4.55 Å². The van der Waals surface area contributed by atoms with Crippen LogP contribution in [0.1, 0.15) is 13.8 Å². The summed E-state index contributed by atoms with van der Waals surface area (Å²) in [6, 6.07) is 0. The molecule has 84 valence electrons. The number of hydrogen-bond donors (Lipinski definition) is 0. The molecule has 0 aliphatic carbocycles. The smallest absolute Gasteiger partial charge is 0.256 e. The molecule has 0 saturated carbocycles. The molecule has 1 fully saturated rings. The second kappa shape index (κ2) is 3.57. The third kappa shape index (κ3) is 2.03. The van der Waals surface area contributed by atoms with E-state index in [1.165, 1.54) is 11.0 Å². The van der Waals surface area contributed by atoms with Crippen LogP contribution in [-0.4, -0.2) is 33.4 Å². The van der Waals surface area contributed by atoms with Crippen LogP contribution in [0.4, 0.5) is 5.88 Å². The van der Waals surface area contributed by atoms with Gasteiger partial charge in [0, 0.05) is 0 Å². The highest BCUT2D eigenvalue weighted by atomic mass is 32.2. The van der Waals surface area contributed by atoms with Gasteiger partial charge in [0.05, 0.1) is 4.79 Å². The fourth-order valence-corrected chi connectivity index (χ4v) is 3.22. The van der Waals surface area contributed by atoms with Crippen molar-refractivity contribution in [2.24, 2.45) is 0 Å². The predicted octanol–water partition coefficient (Wildman–Crippen LogP) is 0.125. The molecule has 15 heavy (non-hydrogen) atoms. The van der Waals surface area contributed by atoms with Crippen molar-refractivity contribution in [1.29, 1.82) is 0 Å². The summed E-state index contributed by atoms with van der Waals surface area (Å²) in [5.41, 5.74) is 7.04. The van der Waals surface area contributed by atoms with Crippen LogP contribution in [0.25, 0.3) is 5.73 Å². The van der Waals surface area contributed by atoms with Gasteiger partial charge in [0.15, 0.2) is 0 Å². The number of nitrogens with one attached hydrogen (secondary N) is 1. The van der Waals surface area contributed by atoms with E-state index in [1.807, 2.05) is 18.9 Å². The number of nitrogens with zero attached hydrogens (tertiary/aromatic N) is 3. The molecule has 0 spiro atoms. The maximum atomic E-state index is 11.5. The van der Waals surface area contributed by atoms with Gasteiger partial charge in [-0.2, -0.15) is 0 Å². The molecule has 0 bridgehead atoms. The quantitative estimate of drug-likeness (QED) is 0.507. The van der Waals surface area contributed by atoms with Crippen molar-refractivity contribution in [3.8, 4) is 0 Å². The molecule has 7 heteroatoms. The minimum absolute atomic E-state index is 0.0255. The van der Waals surface area contributed by atoms with Crippen molar-refractivity contribution in [2.75, 3.05) is 23.1 Å². The minimum Gasteiger partial charge on any atom is -0.660 e. The molecule has 1 atom stereocenters. The predicted molar refractivity (Wildman–Crippen MR) is 55.7 cm³/mol. The summed E-state index contributed by atoms with van der Waals surface area (Å²) >= 11 is -0.758. The maximum Gasteiger partial charge on any atom is 0.256 e. The van der Waals surface area contributed by atoms with E-state index in [2.05, 4.69) is 5.27 Å². The first-order valence-corrected chi connectivity index (χ1v) is 6.21. The Bertz CT molecular complexity index is 354. The summed E-state index contributed by atoms with van der Waals surface area (Å²) in [6.45, 7) is 4.68. The van der Waals surface area contributed by atoms with E-state index in [-0.39, 0.29) is 11.4 Å². The standard InChI is InChI=1S/C8H14N4O2S/c1-8(2)6-15(13)4-3-11(8)12-5-7(9)14-10-12/h5,9H,3-4,6H2,1-2H3. The van der Waals surface area contributed by atoms with E-state index in [1.54, 1.807) is 0 Å². The normalized spacial score (nSPS) is 25.5. The Balaban J connectivity index is 2.22. The first-order chi connectivity index (χ1) is 6.99. The van der Waals surface area contributed by atoms with Crippen molar-refractivity contribution in [3.05, 3.63) is 11.9 Å². The minimum atomic E-state index is -0.758. The molecule has 1 aromatic heterocycles. The van der Waals surface area contributed by atoms with Crippen molar-refractivity contribution < 1.29 is 13.9 Å².